The molecule has 1 rings (SSSR count). The summed E-state index contributed by atoms with van der Waals surface area (Å²) in [7, 11) is 0. The summed E-state index contributed by atoms with van der Waals surface area (Å²) in [5.74, 6) is -0.592. The first-order valence-electron chi connectivity index (χ1n) is 8.61. The van der Waals surface area contributed by atoms with Gasteiger partial charge in [0.15, 0.2) is 0 Å². The van der Waals surface area contributed by atoms with E-state index in [0.29, 0.717) is 5.75 Å². The monoisotopic (exact) mass is 368 g/mol. The normalized spacial score (nSPS) is 15.0. The molecule has 0 bridgehead atoms. The van der Waals surface area contributed by atoms with Crippen molar-refractivity contribution in [1.82, 2.24) is 0 Å². The summed E-state index contributed by atoms with van der Waals surface area (Å²) < 4.78 is 5.39. The average molecular weight is 369 g/mol. The van der Waals surface area contributed by atoms with E-state index in [1.807, 2.05) is 26.0 Å². The molecule has 0 aliphatic rings. The number of carboxylic acids is 1. The lowest BCUT2D eigenvalue weighted by Crippen LogP contribution is -2.24. The van der Waals surface area contributed by atoms with E-state index >= 15 is 0 Å². The van der Waals surface area contributed by atoms with Gasteiger partial charge < -0.3 is 14.9 Å². The number of rotatable bonds is 6. The van der Waals surface area contributed by atoms with Gasteiger partial charge in [-0.3, -0.25) is 0 Å². The number of carboxylic acid groups (broad SMARTS) is 1. The highest BCUT2D eigenvalue weighted by Gasteiger charge is 2.27. The van der Waals surface area contributed by atoms with Gasteiger partial charge in [0, 0.05) is 21.3 Å². The minimum atomic E-state index is -0.960. The quantitative estimate of drug-likeness (QED) is 0.695. The SMILES string of the molecule is C[C@H](OCC(=O)O)[C@@H](C)Sc1cc(C(C)(C)C)c(O)c(C(C)(C)C)c1. The first-order chi connectivity index (χ1) is 11.2. The Balaban J connectivity index is 3.17. The maximum atomic E-state index is 10.8. The van der Waals surface area contributed by atoms with E-state index in [2.05, 4.69) is 41.5 Å². The van der Waals surface area contributed by atoms with Crippen LogP contribution in [0.25, 0.3) is 0 Å². The molecular formula is C20H32O4S. The lowest BCUT2D eigenvalue weighted by atomic mass is 9.79. The van der Waals surface area contributed by atoms with Gasteiger partial charge >= 0.3 is 5.97 Å². The van der Waals surface area contributed by atoms with Crippen LogP contribution in [0.4, 0.5) is 0 Å². The van der Waals surface area contributed by atoms with Crippen molar-refractivity contribution in [2.24, 2.45) is 0 Å². The zero-order valence-corrected chi connectivity index (χ0v) is 17.5. The average Bonchev–Trinajstić information content (AvgIpc) is 2.43. The van der Waals surface area contributed by atoms with E-state index < -0.39 is 5.97 Å². The molecule has 0 aliphatic carbocycles. The summed E-state index contributed by atoms with van der Waals surface area (Å²) in [4.78, 5) is 11.7. The molecule has 2 N–H and O–H groups in total. The molecule has 4 nitrogen and oxygen atoms in total. The Morgan fingerprint density at radius 1 is 1.08 bits per heavy atom. The fourth-order valence-electron chi connectivity index (χ4n) is 2.47. The molecule has 0 saturated carbocycles. The van der Waals surface area contributed by atoms with Crippen molar-refractivity contribution >= 4 is 17.7 Å². The van der Waals surface area contributed by atoms with Crippen LogP contribution in [-0.2, 0) is 20.4 Å². The van der Waals surface area contributed by atoms with E-state index in [-0.39, 0.29) is 28.8 Å². The Kier molecular flexibility index (Phi) is 6.99. The van der Waals surface area contributed by atoms with Gasteiger partial charge in [-0.2, -0.15) is 0 Å². The maximum absolute atomic E-state index is 10.8. The molecule has 0 saturated heterocycles. The lowest BCUT2D eigenvalue weighted by molar-refractivity contribution is -0.143. The van der Waals surface area contributed by atoms with E-state index in [4.69, 9.17) is 9.84 Å². The van der Waals surface area contributed by atoms with Gasteiger partial charge in [0.2, 0.25) is 0 Å². The maximum Gasteiger partial charge on any atom is 0.329 e. The molecule has 0 unspecified atom stereocenters. The van der Waals surface area contributed by atoms with Crippen LogP contribution in [0.1, 0.15) is 66.5 Å². The number of benzene rings is 1. The smallest absolute Gasteiger partial charge is 0.329 e. The number of thioether (sulfide) groups is 1. The van der Waals surface area contributed by atoms with Crippen LogP contribution in [0, 0.1) is 0 Å². The topological polar surface area (TPSA) is 66.8 Å². The Morgan fingerprint density at radius 2 is 1.52 bits per heavy atom. The summed E-state index contributed by atoms with van der Waals surface area (Å²) in [5.41, 5.74) is 1.51. The Labute approximate surface area is 156 Å². The van der Waals surface area contributed by atoms with Gasteiger partial charge in [0.1, 0.15) is 12.4 Å². The molecule has 5 heteroatoms. The molecular weight excluding hydrogens is 336 g/mol. The minimum Gasteiger partial charge on any atom is -0.507 e. The lowest BCUT2D eigenvalue weighted by Gasteiger charge is -2.29. The third-order valence-electron chi connectivity index (χ3n) is 4.15. The summed E-state index contributed by atoms with van der Waals surface area (Å²) >= 11 is 1.64. The van der Waals surface area contributed by atoms with Crippen LogP contribution in [0.2, 0.25) is 0 Å². The second-order valence-electron chi connectivity index (χ2n) is 8.60. The number of hydrogen-bond donors (Lipinski definition) is 2. The first kappa shape index (κ1) is 21.8. The molecule has 0 amide bonds. The van der Waals surface area contributed by atoms with Crippen LogP contribution >= 0.6 is 11.8 Å². The van der Waals surface area contributed by atoms with Gasteiger partial charge in [-0.05, 0) is 29.9 Å². The Morgan fingerprint density at radius 3 is 1.88 bits per heavy atom. The van der Waals surface area contributed by atoms with Crippen LogP contribution in [0.5, 0.6) is 5.75 Å². The number of phenolic OH excluding ortho intramolecular Hbond substituents is 1. The molecule has 0 fully saturated rings. The van der Waals surface area contributed by atoms with Crippen molar-refractivity contribution in [3.8, 4) is 5.75 Å². The van der Waals surface area contributed by atoms with E-state index in [0.717, 1.165) is 16.0 Å². The number of phenols is 1. The molecule has 0 spiro atoms. The highest BCUT2D eigenvalue weighted by atomic mass is 32.2. The molecule has 0 radical (unpaired) electrons. The summed E-state index contributed by atoms with van der Waals surface area (Å²) in [6.07, 6.45) is -0.189. The molecule has 1 aromatic carbocycles. The first-order valence-corrected chi connectivity index (χ1v) is 9.49. The molecule has 0 heterocycles. The molecule has 25 heavy (non-hydrogen) atoms. The summed E-state index contributed by atoms with van der Waals surface area (Å²) in [6, 6.07) is 4.07. The van der Waals surface area contributed by atoms with E-state index in [9.17, 15) is 9.90 Å². The van der Waals surface area contributed by atoms with Gasteiger partial charge in [-0.1, -0.05) is 48.5 Å². The van der Waals surface area contributed by atoms with Crippen molar-refractivity contribution in [1.29, 1.82) is 0 Å². The number of aromatic hydroxyl groups is 1. The third-order valence-corrected chi connectivity index (χ3v) is 5.42. The fourth-order valence-corrected chi connectivity index (χ4v) is 3.54. The molecule has 1 aromatic rings. The van der Waals surface area contributed by atoms with Gasteiger partial charge in [0.25, 0.3) is 0 Å². The molecule has 142 valence electrons. The molecule has 2 atom stereocenters. The third kappa shape index (κ3) is 6.23. The van der Waals surface area contributed by atoms with Gasteiger partial charge in [0.05, 0.1) is 6.10 Å². The van der Waals surface area contributed by atoms with Crippen LogP contribution < -0.4 is 0 Å². The Bertz CT molecular complexity index is 576. The fraction of sp³-hybridized carbons (Fsp3) is 0.650. The van der Waals surface area contributed by atoms with Crippen molar-refractivity contribution in [2.75, 3.05) is 6.61 Å². The van der Waals surface area contributed by atoms with Crippen LogP contribution in [0.15, 0.2) is 17.0 Å². The van der Waals surface area contributed by atoms with Crippen molar-refractivity contribution in [2.45, 2.75) is 82.5 Å². The van der Waals surface area contributed by atoms with Crippen LogP contribution in [0.3, 0.4) is 0 Å². The standard InChI is InChI=1S/C20H32O4S/c1-12(24-11-17(21)22)13(2)25-14-9-15(19(3,4)5)18(23)16(10-14)20(6,7)8/h9-10,12-13,23H,11H2,1-8H3,(H,21,22)/t12-,13+/m0/s1. The van der Waals surface area contributed by atoms with E-state index in [1.54, 1.807) is 11.8 Å². The molecule has 0 aliphatic heterocycles. The van der Waals surface area contributed by atoms with Gasteiger partial charge in [-0.25, -0.2) is 4.79 Å². The second-order valence-corrected chi connectivity index (χ2v) is 10.1. The minimum absolute atomic E-state index is 0.0875. The predicted octanol–water partition coefficient (Wildman–Crippen LogP) is 4.96. The predicted molar refractivity (Wildman–Crippen MR) is 104 cm³/mol. The number of hydrogen-bond acceptors (Lipinski definition) is 4. The Hall–Kier alpha value is -1.20. The molecule has 0 aromatic heterocycles. The number of ether oxygens (including phenoxy) is 1. The zero-order chi connectivity index (χ0) is 19.6. The van der Waals surface area contributed by atoms with Crippen molar-refractivity contribution in [3.63, 3.8) is 0 Å². The summed E-state index contributed by atoms with van der Waals surface area (Å²) in [6.45, 7) is 16.2. The highest BCUT2D eigenvalue weighted by molar-refractivity contribution is 8.00. The van der Waals surface area contributed by atoms with Crippen LogP contribution in [-0.4, -0.2) is 34.1 Å². The number of aliphatic carboxylic acids is 1. The number of carbonyl (C=O) groups is 1. The highest BCUT2D eigenvalue weighted by Crippen LogP contribution is 2.42. The van der Waals surface area contributed by atoms with Crippen molar-refractivity contribution in [3.05, 3.63) is 23.3 Å². The largest absolute Gasteiger partial charge is 0.507 e. The zero-order valence-electron chi connectivity index (χ0n) is 16.6. The summed E-state index contributed by atoms with van der Waals surface area (Å²) in [5, 5.41) is 19.6. The second kappa shape index (κ2) is 8.00. The van der Waals surface area contributed by atoms with Gasteiger partial charge in [-0.15, -0.1) is 11.8 Å². The van der Waals surface area contributed by atoms with E-state index in [1.165, 1.54) is 0 Å². The van der Waals surface area contributed by atoms with Crippen molar-refractivity contribution < 1.29 is 19.7 Å².